The molecule has 7 rings (SSSR count). The van der Waals surface area contributed by atoms with Crippen LogP contribution in [0.25, 0.3) is 44.8 Å². The highest BCUT2D eigenvalue weighted by Gasteiger charge is 2.26. The molecule has 1 fully saturated rings. The van der Waals surface area contributed by atoms with Gasteiger partial charge in [-0.15, -0.1) is 10.2 Å². The zero-order chi connectivity index (χ0) is 28.3. The minimum Gasteiger partial charge on any atom is -0.345 e. The summed E-state index contributed by atoms with van der Waals surface area (Å²) >= 11 is 0. The molecule has 10 nitrogen and oxygen atoms in total. The number of aryl methyl sites for hydroxylation is 1. The van der Waals surface area contributed by atoms with Gasteiger partial charge in [-0.25, -0.2) is 9.97 Å². The number of nitrogens with one attached hydrogen (secondary N) is 1. The van der Waals surface area contributed by atoms with Crippen molar-refractivity contribution in [3.63, 3.8) is 0 Å². The molecule has 4 aromatic heterocycles. The van der Waals surface area contributed by atoms with Gasteiger partial charge in [-0.1, -0.05) is 61.9 Å². The summed E-state index contributed by atoms with van der Waals surface area (Å²) in [5, 5.41) is 14.6. The van der Waals surface area contributed by atoms with Crippen molar-refractivity contribution in [2.45, 2.75) is 39.0 Å². The zero-order valence-corrected chi connectivity index (χ0v) is 23.3. The number of tetrazole rings is 1. The molecular formula is C32H30N8O2. The third-order valence-electron chi connectivity index (χ3n) is 7.54. The molecule has 1 aliphatic heterocycles. The highest BCUT2D eigenvalue weighted by Crippen LogP contribution is 2.35. The SMILES string of the molecule is CCCCc1nc2cc(-c3ccncc3)c(C3OCCO3)nc2n1Cc1ccc(-c2ccccc2-c2nn[nH]n2)cc1. The summed E-state index contributed by atoms with van der Waals surface area (Å²) in [6.07, 6.45) is 6.07. The second-order valence-electron chi connectivity index (χ2n) is 10.3. The number of pyridine rings is 2. The Morgan fingerprint density at radius 3 is 2.38 bits per heavy atom. The molecule has 6 aromatic rings. The maximum absolute atomic E-state index is 5.93. The molecule has 42 heavy (non-hydrogen) atoms. The number of H-pyrrole nitrogens is 1. The first-order valence-corrected chi connectivity index (χ1v) is 14.2. The van der Waals surface area contributed by atoms with Crippen molar-refractivity contribution < 1.29 is 9.47 Å². The highest BCUT2D eigenvalue weighted by molar-refractivity contribution is 5.82. The van der Waals surface area contributed by atoms with Gasteiger partial charge in [0.1, 0.15) is 17.0 Å². The number of hydrogen-bond donors (Lipinski definition) is 1. The van der Waals surface area contributed by atoms with Gasteiger partial charge in [-0.2, -0.15) is 5.21 Å². The fourth-order valence-electron chi connectivity index (χ4n) is 5.44. The van der Waals surface area contributed by atoms with E-state index in [1.54, 1.807) is 12.4 Å². The van der Waals surface area contributed by atoms with Crippen LogP contribution in [0.4, 0.5) is 0 Å². The van der Waals surface area contributed by atoms with E-state index in [2.05, 4.69) is 73.5 Å². The Kier molecular flexibility index (Phi) is 7.21. The summed E-state index contributed by atoms with van der Waals surface area (Å²) < 4.78 is 14.1. The van der Waals surface area contributed by atoms with Gasteiger partial charge in [0.05, 0.1) is 19.8 Å². The number of hydrogen-bond acceptors (Lipinski definition) is 8. The number of nitrogens with zero attached hydrogens (tertiary/aromatic N) is 7. The number of aromatic nitrogens is 8. The summed E-state index contributed by atoms with van der Waals surface area (Å²) in [7, 11) is 0. The van der Waals surface area contributed by atoms with Crippen LogP contribution in [0, 0.1) is 0 Å². The molecule has 210 valence electrons. The quantitative estimate of drug-likeness (QED) is 0.238. The Morgan fingerprint density at radius 2 is 1.64 bits per heavy atom. The predicted octanol–water partition coefficient (Wildman–Crippen LogP) is 5.78. The number of unbranched alkanes of at least 4 members (excludes halogenated alkanes) is 1. The molecule has 1 N–H and O–H groups in total. The largest absolute Gasteiger partial charge is 0.345 e. The van der Waals surface area contributed by atoms with E-state index in [-0.39, 0.29) is 0 Å². The van der Waals surface area contributed by atoms with Crippen molar-refractivity contribution >= 4 is 11.2 Å². The van der Waals surface area contributed by atoms with E-state index in [9.17, 15) is 0 Å². The smallest absolute Gasteiger partial charge is 0.205 e. The lowest BCUT2D eigenvalue weighted by atomic mass is 9.98. The maximum atomic E-state index is 5.93. The van der Waals surface area contributed by atoms with Crippen LogP contribution in [-0.2, 0) is 22.4 Å². The van der Waals surface area contributed by atoms with Crippen LogP contribution >= 0.6 is 0 Å². The average Bonchev–Trinajstić information content (AvgIpc) is 3.83. The van der Waals surface area contributed by atoms with Gasteiger partial charge in [0.2, 0.25) is 12.1 Å². The molecule has 0 aliphatic carbocycles. The molecule has 1 saturated heterocycles. The van der Waals surface area contributed by atoms with E-state index in [0.29, 0.717) is 25.6 Å². The first-order valence-electron chi connectivity index (χ1n) is 14.2. The summed E-state index contributed by atoms with van der Waals surface area (Å²) in [6, 6.07) is 22.8. The number of ether oxygens (including phenoxy) is 2. The zero-order valence-electron chi connectivity index (χ0n) is 23.3. The molecule has 2 aromatic carbocycles. The molecule has 0 unspecified atom stereocenters. The Hall–Kier alpha value is -4.80. The molecule has 0 saturated carbocycles. The van der Waals surface area contributed by atoms with Crippen LogP contribution in [0.1, 0.15) is 43.1 Å². The van der Waals surface area contributed by atoms with Gasteiger partial charge < -0.3 is 14.0 Å². The standard InChI is InChI=1S/C32H30N8O2/c1-2-3-8-28-34-27-19-26(23-13-15-33-16-14-23)29(32-41-17-18-42-32)35-31(27)40(28)20-21-9-11-22(12-10-21)24-6-4-5-7-25(24)30-36-38-39-37-30/h4-7,9-16,19,32H,2-3,8,17-18,20H2,1H3,(H,36,37,38,39). The van der Waals surface area contributed by atoms with Crippen LogP contribution < -0.4 is 0 Å². The average molecular weight is 559 g/mol. The van der Waals surface area contributed by atoms with Crippen molar-refractivity contribution in [2.24, 2.45) is 0 Å². The number of aromatic amines is 1. The van der Waals surface area contributed by atoms with Crippen molar-refractivity contribution in [3.8, 4) is 33.6 Å². The third kappa shape index (κ3) is 5.06. The lowest BCUT2D eigenvalue weighted by molar-refractivity contribution is -0.0466. The minimum absolute atomic E-state index is 0.515. The first kappa shape index (κ1) is 26.1. The molecule has 10 heteroatoms. The van der Waals surface area contributed by atoms with E-state index in [1.807, 2.05) is 30.3 Å². The Bertz CT molecular complexity index is 1790. The molecule has 0 radical (unpaired) electrons. The van der Waals surface area contributed by atoms with Gasteiger partial charge in [-0.05, 0) is 52.1 Å². The fraction of sp³-hybridized carbons (Fsp3) is 0.250. The van der Waals surface area contributed by atoms with Crippen LogP contribution in [0.15, 0.2) is 79.1 Å². The van der Waals surface area contributed by atoms with Crippen LogP contribution in [0.3, 0.4) is 0 Å². The van der Waals surface area contributed by atoms with Crippen LogP contribution in [0.2, 0.25) is 0 Å². The topological polar surface area (TPSA) is 117 Å². The minimum atomic E-state index is -0.515. The fourth-order valence-corrected chi connectivity index (χ4v) is 5.44. The summed E-state index contributed by atoms with van der Waals surface area (Å²) in [4.78, 5) is 14.4. The molecule has 5 heterocycles. The van der Waals surface area contributed by atoms with Crippen molar-refractivity contribution in [2.75, 3.05) is 13.2 Å². The van der Waals surface area contributed by atoms with Gasteiger partial charge >= 0.3 is 0 Å². The van der Waals surface area contributed by atoms with Crippen molar-refractivity contribution in [1.82, 2.24) is 40.1 Å². The van der Waals surface area contributed by atoms with Crippen LogP contribution in [0.5, 0.6) is 0 Å². The number of benzene rings is 2. The maximum Gasteiger partial charge on any atom is 0.205 e. The summed E-state index contributed by atoms with van der Waals surface area (Å²) in [6.45, 7) is 3.94. The predicted molar refractivity (Wildman–Crippen MR) is 158 cm³/mol. The second-order valence-corrected chi connectivity index (χ2v) is 10.3. The molecular weight excluding hydrogens is 528 g/mol. The van der Waals surface area contributed by atoms with E-state index in [4.69, 9.17) is 19.4 Å². The number of fused-ring (bicyclic) bond motifs is 1. The lowest BCUT2D eigenvalue weighted by Crippen LogP contribution is -2.09. The van der Waals surface area contributed by atoms with Gasteiger partial charge in [0.25, 0.3) is 0 Å². The Labute approximate surface area is 242 Å². The molecule has 1 aliphatic rings. The molecule has 0 bridgehead atoms. The number of imidazole rings is 1. The van der Waals surface area contributed by atoms with E-state index < -0.39 is 6.29 Å². The highest BCUT2D eigenvalue weighted by atomic mass is 16.7. The van der Waals surface area contributed by atoms with E-state index in [0.717, 1.165) is 75.3 Å². The van der Waals surface area contributed by atoms with Gasteiger partial charge in [0.15, 0.2) is 5.65 Å². The van der Waals surface area contributed by atoms with Gasteiger partial charge in [-0.3, -0.25) is 4.98 Å². The van der Waals surface area contributed by atoms with Crippen molar-refractivity contribution in [1.29, 1.82) is 0 Å². The van der Waals surface area contributed by atoms with E-state index in [1.165, 1.54) is 0 Å². The molecule has 0 spiro atoms. The van der Waals surface area contributed by atoms with E-state index >= 15 is 0 Å². The Morgan fingerprint density at radius 1 is 0.881 bits per heavy atom. The van der Waals surface area contributed by atoms with Gasteiger partial charge in [0, 0.05) is 29.9 Å². The normalized spacial score (nSPS) is 13.7. The lowest BCUT2D eigenvalue weighted by Gasteiger charge is -2.15. The second kappa shape index (κ2) is 11.6. The molecule has 0 amide bonds. The monoisotopic (exact) mass is 558 g/mol. The number of rotatable bonds is 9. The Balaban J connectivity index is 1.28. The van der Waals surface area contributed by atoms with Crippen LogP contribution in [-0.4, -0.2) is 53.4 Å². The van der Waals surface area contributed by atoms with Crippen molar-refractivity contribution in [3.05, 3.63) is 96.2 Å². The third-order valence-corrected chi connectivity index (χ3v) is 7.54. The summed E-state index contributed by atoms with van der Waals surface area (Å²) in [5.74, 6) is 1.60. The summed E-state index contributed by atoms with van der Waals surface area (Å²) in [5.41, 5.74) is 8.64. The first-order chi connectivity index (χ1) is 20.8. The molecule has 0 atom stereocenters.